The number of anilines is 1. The van der Waals surface area contributed by atoms with Gasteiger partial charge in [-0.3, -0.25) is 9.69 Å². The largest absolute Gasteiger partial charge is 0.325 e. The van der Waals surface area contributed by atoms with Crippen molar-refractivity contribution in [2.45, 2.75) is 13.5 Å². The molecule has 4 heteroatoms. The van der Waals surface area contributed by atoms with Crippen LogP contribution in [0.1, 0.15) is 18.1 Å². The lowest BCUT2D eigenvalue weighted by Crippen LogP contribution is -2.32. The smallest absolute Gasteiger partial charge is 0.238 e. The number of amides is 1. The van der Waals surface area contributed by atoms with Crippen LogP contribution in [-0.2, 0) is 11.3 Å². The minimum absolute atomic E-state index is 0.0760. The third-order valence-corrected chi connectivity index (χ3v) is 3.34. The fourth-order valence-electron chi connectivity index (χ4n) is 2.19. The molecule has 0 unspecified atom stereocenters. The number of nitrogens with zero attached hydrogens (tertiary/aromatic N) is 2. The molecule has 0 heterocycles. The average Bonchev–Trinajstić information content (AvgIpc) is 2.55. The van der Waals surface area contributed by atoms with Crippen molar-refractivity contribution in [3.8, 4) is 6.07 Å². The molecule has 2 aromatic carbocycles. The van der Waals surface area contributed by atoms with E-state index in [-0.39, 0.29) is 5.91 Å². The van der Waals surface area contributed by atoms with E-state index in [1.807, 2.05) is 25.1 Å². The number of nitrogens with one attached hydrogen (secondary N) is 1. The highest BCUT2D eigenvalue weighted by molar-refractivity contribution is 5.92. The Morgan fingerprint density at radius 2 is 1.95 bits per heavy atom. The maximum Gasteiger partial charge on any atom is 0.238 e. The van der Waals surface area contributed by atoms with Crippen molar-refractivity contribution in [3.63, 3.8) is 0 Å². The number of hydrogen-bond donors (Lipinski definition) is 1. The summed E-state index contributed by atoms with van der Waals surface area (Å²) in [7, 11) is 0. The van der Waals surface area contributed by atoms with Gasteiger partial charge in [0.05, 0.1) is 18.2 Å². The van der Waals surface area contributed by atoms with Crippen LogP contribution in [0.25, 0.3) is 0 Å². The van der Waals surface area contributed by atoms with E-state index in [0.717, 1.165) is 13.1 Å². The molecular formula is C18H19N3O. The lowest BCUT2D eigenvalue weighted by Gasteiger charge is -2.20. The van der Waals surface area contributed by atoms with Gasteiger partial charge in [0.15, 0.2) is 0 Å². The van der Waals surface area contributed by atoms with Gasteiger partial charge in [0.1, 0.15) is 0 Å². The van der Waals surface area contributed by atoms with Crippen molar-refractivity contribution >= 4 is 11.6 Å². The van der Waals surface area contributed by atoms with Crippen molar-refractivity contribution in [2.75, 3.05) is 18.4 Å². The summed E-state index contributed by atoms with van der Waals surface area (Å²) in [4.78, 5) is 14.2. The van der Waals surface area contributed by atoms with Gasteiger partial charge in [0, 0.05) is 12.2 Å². The summed E-state index contributed by atoms with van der Waals surface area (Å²) in [6, 6.07) is 19.1. The van der Waals surface area contributed by atoms with Crippen molar-refractivity contribution < 1.29 is 4.79 Å². The normalized spacial score (nSPS) is 10.2. The Hall–Kier alpha value is -2.64. The minimum Gasteiger partial charge on any atom is -0.325 e. The molecule has 0 fully saturated rings. The molecule has 112 valence electrons. The van der Waals surface area contributed by atoms with Gasteiger partial charge >= 0.3 is 0 Å². The molecule has 0 aliphatic heterocycles. The molecule has 0 aliphatic rings. The predicted molar refractivity (Wildman–Crippen MR) is 87.2 cm³/mol. The van der Waals surface area contributed by atoms with Gasteiger partial charge in [0.25, 0.3) is 0 Å². The van der Waals surface area contributed by atoms with Crippen molar-refractivity contribution in [2.24, 2.45) is 0 Å². The Morgan fingerprint density at radius 3 is 2.64 bits per heavy atom. The number of likely N-dealkylation sites (N-methyl/N-ethyl adjacent to an activating group) is 1. The minimum atomic E-state index is -0.0760. The second-order valence-electron chi connectivity index (χ2n) is 5.03. The SMILES string of the molecule is CCN(CC(=O)Nc1cccc(C#N)c1)Cc1ccccc1. The Morgan fingerprint density at radius 1 is 1.18 bits per heavy atom. The monoisotopic (exact) mass is 293 g/mol. The van der Waals surface area contributed by atoms with Gasteiger partial charge in [-0.05, 0) is 30.3 Å². The van der Waals surface area contributed by atoms with Gasteiger partial charge in [-0.2, -0.15) is 5.26 Å². The molecule has 0 saturated heterocycles. The number of carbonyl (C=O) groups excluding carboxylic acids is 1. The van der Waals surface area contributed by atoms with Crippen LogP contribution < -0.4 is 5.32 Å². The van der Waals surface area contributed by atoms with Crippen LogP contribution in [0, 0.1) is 11.3 Å². The highest BCUT2D eigenvalue weighted by atomic mass is 16.2. The van der Waals surface area contributed by atoms with Gasteiger partial charge in [-0.25, -0.2) is 0 Å². The van der Waals surface area contributed by atoms with Gasteiger partial charge in [-0.15, -0.1) is 0 Å². The topological polar surface area (TPSA) is 56.1 Å². The lowest BCUT2D eigenvalue weighted by molar-refractivity contribution is -0.117. The molecule has 2 aromatic rings. The third-order valence-electron chi connectivity index (χ3n) is 3.34. The molecule has 0 atom stereocenters. The number of carbonyl (C=O) groups is 1. The Bertz CT molecular complexity index is 662. The highest BCUT2D eigenvalue weighted by Crippen LogP contribution is 2.10. The summed E-state index contributed by atoms with van der Waals surface area (Å²) in [5.41, 5.74) is 2.37. The predicted octanol–water partition coefficient (Wildman–Crippen LogP) is 3.02. The molecule has 0 saturated carbocycles. The van der Waals surface area contributed by atoms with Gasteiger partial charge < -0.3 is 5.32 Å². The van der Waals surface area contributed by atoms with Crippen LogP contribution in [0.5, 0.6) is 0 Å². The summed E-state index contributed by atoms with van der Waals surface area (Å²) in [5, 5.41) is 11.7. The van der Waals surface area contributed by atoms with Crippen LogP contribution in [-0.4, -0.2) is 23.9 Å². The van der Waals surface area contributed by atoms with E-state index in [0.29, 0.717) is 17.8 Å². The molecular weight excluding hydrogens is 274 g/mol. The molecule has 1 N–H and O–H groups in total. The van der Waals surface area contributed by atoms with Crippen LogP contribution in [0.15, 0.2) is 54.6 Å². The van der Waals surface area contributed by atoms with Crippen LogP contribution in [0.3, 0.4) is 0 Å². The van der Waals surface area contributed by atoms with E-state index in [4.69, 9.17) is 5.26 Å². The Labute approximate surface area is 131 Å². The molecule has 0 aliphatic carbocycles. The van der Waals surface area contributed by atoms with Crippen molar-refractivity contribution in [3.05, 3.63) is 65.7 Å². The molecule has 0 radical (unpaired) electrons. The van der Waals surface area contributed by atoms with E-state index in [9.17, 15) is 4.79 Å². The zero-order valence-electron chi connectivity index (χ0n) is 12.6. The van der Waals surface area contributed by atoms with Crippen molar-refractivity contribution in [1.29, 1.82) is 5.26 Å². The molecule has 2 rings (SSSR count). The molecule has 0 aromatic heterocycles. The zero-order valence-corrected chi connectivity index (χ0v) is 12.6. The number of nitriles is 1. The summed E-state index contributed by atoms with van der Waals surface area (Å²) in [6.07, 6.45) is 0. The molecule has 1 amide bonds. The van der Waals surface area contributed by atoms with Crippen LogP contribution in [0.4, 0.5) is 5.69 Å². The number of benzene rings is 2. The summed E-state index contributed by atoms with van der Waals surface area (Å²) < 4.78 is 0. The molecule has 4 nitrogen and oxygen atoms in total. The second-order valence-corrected chi connectivity index (χ2v) is 5.03. The maximum atomic E-state index is 12.1. The zero-order chi connectivity index (χ0) is 15.8. The fraction of sp³-hybridized carbons (Fsp3) is 0.222. The first kappa shape index (κ1) is 15.7. The summed E-state index contributed by atoms with van der Waals surface area (Å²) in [6.45, 7) is 3.89. The van der Waals surface area contributed by atoms with Gasteiger partial charge in [0.2, 0.25) is 5.91 Å². The lowest BCUT2D eigenvalue weighted by atomic mass is 10.2. The molecule has 0 spiro atoms. The number of rotatable bonds is 6. The third kappa shape index (κ3) is 4.72. The van der Waals surface area contributed by atoms with E-state index in [2.05, 4.69) is 28.4 Å². The summed E-state index contributed by atoms with van der Waals surface area (Å²) in [5.74, 6) is -0.0760. The van der Waals surface area contributed by atoms with Crippen LogP contribution >= 0.6 is 0 Å². The van der Waals surface area contributed by atoms with E-state index in [1.54, 1.807) is 24.3 Å². The second kappa shape index (κ2) is 7.96. The quantitative estimate of drug-likeness (QED) is 0.890. The Balaban J connectivity index is 1.93. The van der Waals surface area contributed by atoms with Crippen LogP contribution in [0.2, 0.25) is 0 Å². The van der Waals surface area contributed by atoms with E-state index < -0.39 is 0 Å². The standard InChI is InChI=1S/C18H19N3O/c1-2-21(13-15-7-4-3-5-8-15)14-18(22)20-17-10-6-9-16(11-17)12-19/h3-11H,2,13-14H2,1H3,(H,20,22). The number of hydrogen-bond acceptors (Lipinski definition) is 3. The molecule has 22 heavy (non-hydrogen) atoms. The van der Waals surface area contributed by atoms with Gasteiger partial charge in [-0.1, -0.05) is 43.3 Å². The first-order valence-corrected chi connectivity index (χ1v) is 7.27. The van der Waals surface area contributed by atoms with E-state index >= 15 is 0 Å². The highest BCUT2D eigenvalue weighted by Gasteiger charge is 2.10. The molecule has 0 bridgehead atoms. The fourth-order valence-corrected chi connectivity index (χ4v) is 2.19. The average molecular weight is 293 g/mol. The first-order chi connectivity index (χ1) is 10.7. The first-order valence-electron chi connectivity index (χ1n) is 7.27. The van der Waals surface area contributed by atoms with Crippen molar-refractivity contribution in [1.82, 2.24) is 4.90 Å². The van der Waals surface area contributed by atoms with E-state index in [1.165, 1.54) is 5.56 Å². The Kier molecular flexibility index (Phi) is 5.70. The maximum absolute atomic E-state index is 12.1. The summed E-state index contributed by atoms with van der Waals surface area (Å²) >= 11 is 0.